The first-order valence-electron chi connectivity index (χ1n) is 8.96. The van der Waals surface area contributed by atoms with Gasteiger partial charge in [0, 0.05) is 18.5 Å². The minimum atomic E-state index is 0.650. The molecule has 1 aromatic rings. The lowest BCUT2D eigenvalue weighted by atomic mass is 9.82. The number of hydrogen-bond donors (Lipinski definition) is 2. The van der Waals surface area contributed by atoms with Gasteiger partial charge in [-0.05, 0) is 51.1 Å². The highest BCUT2D eigenvalue weighted by atomic mass is 15.4. The van der Waals surface area contributed by atoms with Crippen molar-refractivity contribution >= 4 is 5.82 Å². The van der Waals surface area contributed by atoms with E-state index in [1.165, 1.54) is 62.9 Å². The zero-order valence-electron chi connectivity index (χ0n) is 13.0. The Bertz CT molecular complexity index is 469. The van der Waals surface area contributed by atoms with E-state index in [4.69, 9.17) is 5.10 Å². The average molecular weight is 288 g/mol. The molecule has 4 nitrogen and oxygen atoms in total. The number of anilines is 1. The Morgan fingerprint density at radius 1 is 0.952 bits per heavy atom. The summed E-state index contributed by atoms with van der Waals surface area (Å²) in [6, 6.07) is 2.99. The maximum Gasteiger partial charge on any atom is 0.124 e. The largest absolute Gasteiger partial charge is 0.370 e. The van der Waals surface area contributed by atoms with Crippen LogP contribution < -0.4 is 10.6 Å². The van der Waals surface area contributed by atoms with Crippen molar-refractivity contribution in [3.63, 3.8) is 0 Å². The van der Waals surface area contributed by atoms with E-state index < -0.39 is 0 Å². The molecule has 0 radical (unpaired) electrons. The fraction of sp³-hybridized carbons (Fsp3) is 0.824. The number of hydrogen-bond acceptors (Lipinski definition) is 3. The molecule has 2 N–H and O–H groups in total. The molecule has 0 amide bonds. The predicted octanol–water partition coefficient (Wildman–Crippen LogP) is 3.29. The minimum absolute atomic E-state index is 0.650. The molecule has 0 aromatic carbocycles. The quantitative estimate of drug-likeness (QED) is 0.877. The molecule has 21 heavy (non-hydrogen) atoms. The molecule has 1 atom stereocenters. The van der Waals surface area contributed by atoms with E-state index in [9.17, 15) is 0 Å². The van der Waals surface area contributed by atoms with Crippen LogP contribution >= 0.6 is 0 Å². The Kier molecular flexibility index (Phi) is 3.89. The van der Waals surface area contributed by atoms with Crippen LogP contribution in [-0.4, -0.2) is 29.4 Å². The van der Waals surface area contributed by atoms with Crippen molar-refractivity contribution in [2.24, 2.45) is 5.92 Å². The summed E-state index contributed by atoms with van der Waals surface area (Å²) in [5.74, 6) is 2.81. The molecular weight excluding hydrogens is 260 g/mol. The first-order chi connectivity index (χ1) is 10.4. The molecule has 3 heterocycles. The summed E-state index contributed by atoms with van der Waals surface area (Å²) in [7, 11) is 0. The van der Waals surface area contributed by atoms with E-state index in [1.54, 1.807) is 0 Å². The molecule has 2 aliphatic heterocycles. The van der Waals surface area contributed by atoms with Gasteiger partial charge in [-0.25, -0.2) is 4.68 Å². The molecule has 3 aliphatic rings. The number of aromatic nitrogens is 2. The number of nitrogens with one attached hydrogen (secondary N) is 2. The molecule has 2 fully saturated rings. The Hall–Kier alpha value is -1.03. The summed E-state index contributed by atoms with van der Waals surface area (Å²) >= 11 is 0. The van der Waals surface area contributed by atoms with E-state index in [0.717, 1.165) is 25.6 Å². The number of fused-ring (bicyclic) bond motifs is 1. The Balaban J connectivity index is 1.56. The van der Waals surface area contributed by atoms with Crippen LogP contribution in [0.3, 0.4) is 0 Å². The third kappa shape index (κ3) is 2.70. The maximum atomic E-state index is 5.06. The number of nitrogens with zero attached hydrogens (tertiary/aromatic N) is 2. The first kappa shape index (κ1) is 13.6. The van der Waals surface area contributed by atoms with Crippen LogP contribution in [-0.2, 0) is 0 Å². The van der Waals surface area contributed by atoms with Gasteiger partial charge in [0.2, 0.25) is 0 Å². The van der Waals surface area contributed by atoms with Crippen LogP contribution in [0.4, 0.5) is 5.82 Å². The van der Waals surface area contributed by atoms with Gasteiger partial charge in [0.1, 0.15) is 5.82 Å². The minimum Gasteiger partial charge on any atom is -0.370 e. The van der Waals surface area contributed by atoms with Crippen LogP contribution in [0.15, 0.2) is 6.07 Å². The third-order valence-electron chi connectivity index (χ3n) is 5.77. The van der Waals surface area contributed by atoms with Gasteiger partial charge in [-0.2, -0.15) is 5.10 Å². The second-order valence-electron chi connectivity index (χ2n) is 7.10. The van der Waals surface area contributed by atoms with Gasteiger partial charge in [0.15, 0.2) is 0 Å². The highest BCUT2D eigenvalue weighted by Gasteiger charge is 2.31. The molecule has 1 saturated heterocycles. The van der Waals surface area contributed by atoms with Crippen LogP contribution in [0.25, 0.3) is 0 Å². The molecule has 1 unspecified atom stereocenters. The van der Waals surface area contributed by atoms with Crippen molar-refractivity contribution in [2.75, 3.05) is 25.0 Å². The fourth-order valence-corrected chi connectivity index (χ4v) is 4.54. The standard InChI is InChI=1S/C17H28N4/c1-2-4-14(5-3-1)16-8-11-19-17-12-15(20-21(16)17)13-6-9-18-10-7-13/h12-14,16,18-19H,1-11H2. The molecule has 1 aliphatic carbocycles. The maximum absolute atomic E-state index is 5.06. The smallest absolute Gasteiger partial charge is 0.124 e. The van der Waals surface area contributed by atoms with E-state index >= 15 is 0 Å². The Morgan fingerprint density at radius 3 is 2.57 bits per heavy atom. The van der Waals surface area contributed by atoms with Gasteiger partial charge in [0.25, 0.3) is 0 Å². The molecule has 0 spiro atoms. The van der Waals surface area contributed by atoms with Gasteiger partial charge in [-0.3, -0.25) is 0 Å². The first-order valence-corrected chi connectivity index (χ1v) is 8.96. The highest BCUT2D eigenvalue weighted by molar-refractivity contribution is 5.40. The average Bonchev–Trinajstić information content (AvgIpc) is 3.00. The molecule has 1 saturated carbocycles. The molecule has 4 rings (SSSR count). The number of piperidine rings is 1. The fourth-order valence-electron chi connectivity index (χ4n) is 4.54. The summed E-state index contributed by atoms with van der Waals surface area (Å²) in [6.45, 7) is 3.41. The summed E-state index contributed by atoms with van der Waals surface area (Å²) in [5.41, 5.74) is 1.33. The number of rotatable bonds is 2. The van der Waals surface area contributed by atoms with Gasteiger partial charge in [-0.1, -0.05) is 19.3 Å². The highest BCUT2D eigenvalue weighted by Crippen LogP contribution is 2.39. The van der Waals surface area contributed by atoms with E-state index in [2.05, 4.69) is 21.4 Å². The van der Waals surface area contributed by atoms with Crippen LogP contribution in [0, 0.1) is 5.92 Å². The molecule has 0 bridgehead atoms. The van der Waals surface area contributed by atoms with Crippen molar-refractivity contribution in [3.8, 4) is 0 Å². The lowest BCUT2D eigenvalue weighted by Gasteiger charge is -2.34. The van der Waals surface area contributed by atoms with E-state index in [0.29, 0.717) is 12.0 Å². The molecule has 1 aromatic heterocycles. The second-order valence-corrected chi connectivity index (χ2v) is 7.10. The van der Waals surface area contributed by atoms with Gasteiger partial charge >= 0.3 is 0 Å². The van der Waals surface area contributed by atoms with Crippen molar-refractivity contribution in [1.29, 1.82) is 0 Å². The molecule has 116 valence electrons. The van der Waals surface area contributed by atoms with Crippen molar-refractivity contribution in [2.45, 2.75) is 63.3 Å². The van der Waals surface area contributed by atoms with Crippen molar-refractivity contribution in [1.82, 2.24) is 15.1 Å². The lowest BCUT2D eigenvalue weighted by molar-refractivity contribution is 0.221. The second kappa shape index (κ2) is 5.99. The Labute approximate surface area is 127 Å². The van der Waals surface area contributed by atoms with Crippen LogP contribution in [0.5, 0.6) is 0 Å². The zero-order chi connectivity index (χ0) is 14.1. The topological polar surface area (TPSA) is 41.9 Å². The SMILES string of the molecule is c1c(C2CCNCC2)nn2c1NCCC2C1CCCCC1. The van der Waals surface area contributed by atoms with Crippen molar-refractivity contribution in [3.05, 3.63) is 11.8 Å². The summed E-state index contributed by atoms with van der Waals surface area (Å²) in [4.78, 5) is 0. The third-order valence-corrected chi connectivity index (χ3v) is 5.77. The van der Waals surface area contributed by atoms with Gasteiger partial charge in [0.05, 0.1) is 11.7 Å². The zero-order valence-corrected chi connectivity index (χ0v) is 13.0. The normalized spacial score (nSPS) is 28.1. The molecular formula is C17H28N4. The predicted molar refractivity (Wildman–Crippen MR) is 85.8 cm³/mol. The van der Waals surface area contributed by atoms with E-state index in [1.807, 2.05) is 0 Å². The Morgan fingerprint density at radius 2 is 1.76 bits per heavy atom. The summed E-state index contributed by atoms with van der Waals surface area (Å²) < 4.78 is 2.36. The van der Waals surface area contributed by atoms with Crippen molar-refractivity contribution < 1.29 is 0 Å². The lowest BCUT2D eigenvalue weighted by Crippen LogP contribution is -2.30. The summed E-state index contributed by atoms with van der Waals surface area (Å²) in [6.07, 6.45) is 10.8. The van der Waals surface area contributed by atoms with E-state index in [-0.39, 0.29) is 0 Å². The molecule has 4 heteroatoms. The van der Waals surface area contributed by atoms with Gasteiger partial charge < -0.3 is 10.6 Å². The van der Waals surface area contributed by atoms with Crippen LogP contribution in [0.2, 0.25) is 0 Å². The van der Waals surface area contributed by atoms with Crippen LogP contribution in [0.1, 0.15) is 69.0 Å². The van der Waals surface area contributed by atoms with Gasteiger partial charge in [-0.15, -0.1) is 0 Å². The summed E-state index contributed by atoms with van der Waals surface area (Å²) in [5, 5.41) is 12.1. The monoisotopic (exact) mass is 288 g/mol.